The molecule has 0 aromatic heterocycles. The molecule has 0 heterocycles. The van der Waals surface area contributed by atoms with Crippen molar-refractivity contribution in [2.45, 2.75) is 4.90 Å². The van der Waals surface area contributed by atoms with E-state index >= 15 is 0 Å². The fraction of sp³-hybridized carbons (Fsp3) is 0.158. The SMILES string of the molecule is O=C(COC(=O)/C=C/c1cccc(Cl)c1)NCCSc1ccc(Cl)cc1. The van der Waals surface area contributed by atoms with Crippen molar-refractivity contribution in [3.8, 4) is 0 Å². The number of halogens is 2. The molecule has 1 amide bonds. The quantitative estimate of drug-likeness (QED) is 0.302. The van der Waals surface area contributed by atoms with E-state index in [1.54, 1.807) is 42.1 Å². The van der Waals surface area contributed by atoms with Crippen LogP contribution in [0.2, 0.25) is 10.0 Å². The molecule has 0 unspecified atom stereocenters. The van der Waals surface area contributed by atoms with Crippen LogP contribution in [0.3, 0.4) is 0 Å². The van der Waals surface area contributed by atoms with Crippen LogP contribution in [-0.4, -0.2) is 30.8 Å². The third kappa shape index (κ3) is 7.95. The molecule has 7 heteroatoms. The lowest BCUT2D eigenvalue weighted by Crippen LogP contribution is -2.30. The fourth-order valence-corrected chi connectivity index (χ4v) is 2.99. The Morgan fingerprint density at radius 1 is 1.08 bits per heavy atom. The zero-order chi connectivity index (χ0) is 18.8. The van der Waals surface area contributed by atoms with Crippen molar-refractivity contribution >= 4 is 52.9 Å². The lowest BCUT2D eigenvalue weighted by Gasteiger charge is -2.05. The number of nitrogens with one attached hydrogen (secondary N) is 1. The molecule has 0 spiro atoms. The van der Waals surface area contributed by atoms with Gasteiger partial charge in [0.2, 0.25) is 0 Å². The highest BCUT2D eigenvalue weighted by molar-refractivity contribution is 7.99. The molecule has 136 valence electrons. The van der Waals surface area contributed by atoms with Crippen LogP contribution in [0.15, 0.2) is 59.5 Å². The number of benzene rings is 2. The second-order valence-electron chi connectivity index (χ2n) is 5.15. The van der Waals surface area contributed by atoms with Gasteiger partial charge in [0.25, 0.3) is 5.91 Å². The molecule has 0 saturated carbocycles. The minimum absolute atomic E-state index is 0.315. The number of carbonyl (C=O) groups excluding carboxylic acids is 2. The maximum atomic E-state index is 11.7. The maximum absolute atomic E-state index is 11.7. The smallest absolute Gasteiger partial charge is 0.331 e. The van der Waals surface area contributed by atoms with Crippen LogP contribution in [0.5, 0.6) is 0 Å². The molecule has 0 atom stereocenters. The topological polar surface area (TPSA) is 55.4 Å². The van der Waals surface area contributed by atoms with E-state index in [-0.39, 0.29) is 12.5 Å². The molecule has 0 saturated heterocycles. The van der Waals surface area contributed by atoms with E-state index in [0.717, 1.165) is 10.5 Å². The Morgan fingerprint density at radius 2 is 1.85 bits per heavy atom. The second kappa shape index (κ2) is 10.9. The third-order valence-electron chi connectivity index (χ3n) is 3.11. The Hall–Kier alpha value is -1.95. The molecule has 2 rings (SSSR count). The fourth-order valence-electron chi connectivity index (χ4n) is 1.90. The van der Waals surface area contributed by atoms with Gasteiger partial charge in [-0.2, -0.15) is 0 Å². The summed E-state index contributed by atoms with van der Waals surface area (Å²) in [6, 6.07) is 14.5. The van der Waals surface area contributed by atoms with E-state index in [0.29, 0.717) is 22.3 Å². The van der Waals surface area contributed by atoms with Crippen LogP contribution in [0.1, 0.15) is 5.56 Å². The lowest BCUT2D eigenvalue weighted by atomic mass is 10.2. The molecule has 2 aromatic rings. The van der Waals surface area contributed by atoms with Gasteiger partial charge < -0.3 is 10.1 Å². The number of rotatable bonds is 8. The molecular weight excluding hydrogens is 393 g/mol. The molecule has 4 nitrogen and oxygen atoms in total. The molecular formula is C19H17Cl2NO3S. The molecule has 0 aliphatic rings. The van der Waals surface area contributed by atoms with Crippen LogP contribution in [0.25, 0.3) is 6.08 Å². The lowest BCUT2D eigenvalue weighted by molar-refractivity contribution is -0.143. The number of amides is 1. The van der Waals surface area contributed by atoms with Crippen molar-refractivity contribution in [1.82, 2.24) is 5.32 Å². The minimum Gasteiger partial charge on any atom is -0.452 e. The monoisotopic (exact) mass is 409 g/mol. The highest BCUT2D eigenvalue weighted by Crippen LogP contribution is 2.19. The summed E-state index contributed by atoms with van der Waals surface area (Å²) in [7, 11) is 0. The van der Waals surface area contributed by atoms with Crippen LogP contribution >= 0.6 is 35.0 Å². The molecule has 0 fully saturated rings. The van der Waals surface area contributed by atoms with E-state index < -0.39 is 5.97 Å². The van der Waals surface area contributed by atoms with Gasteiger partial charge in [-0.05, 0) is 48.0 Å². The number of carbonyl (C=O) groups is 2. The summed E-state index contributed by atoms with van der Waals surface area (Å²) >= 11 is 13.3. The molecule has 26 heavy (non-hydrogen) atoms. The first-order valence-corrected chi connectivity index (χ1v) is 9.52. The van der Waals surface area contributed by atoms with Crippen molar-refractivity contribution in [2.24, 2.45) is 0 Å². The summed E-state index contributed by atoms with van der Waals surface area (Å²) in [5, 5.41) is 3.97. The molecule has 1 N–H and O–H groups in total. The van der Waals surface area contributed by atoms with Crippen LogP contribution < -0.4 is 5.32 Å². The minimum atomic E-state index is -0.587. The van der Waals surface area contributed by atoms with Gasteiger partial charge in [0.1, 0.15) is 0 Å². The van der Waals surface area contributed by atoms with Crippen molar-refractivity contribution in [2.75, 3.05) is 18.9 Å². The summed E-state index contributed by atoms with van der Waals surface area (Å²) in [6.07, 6.45) is 2.84. The molecule has 0 bridgehead atoms. The highest BCUT2D eigenvalue weighted by Gasteiger charge is 2.04. The predicted octanol–water partition coefficient (Wildman–Crippen LogP) is 4.46. The van der Waals surface area contributed by atoms with Crippen LogP contribution in [-0.2, 0) is 14.3 Å². The van der Waals surface area contributed by atoms with Crippen LogP contribution in [0, 0.1) is 0 Å². The third-order valence-corrected chi connectivity index (χ3v) is 4.61. The van der Waals surface area contributed by atoms with Gasteiger partial charge in [-0.15, -0.1) is 11.8 Å². The van der Waals surface area contributed by atoms with Crippen LogP contribution in [0.4, 0.5) is 0 Å². The first-order valence-electron chi connectivity index (χ1n) is 7.78. The Balaban J connectivity index is 1.62. The average Bonchev–Trinajstić information content (AvgIpc) is 2.63. The first kappa shape index (κ1) is 20.4. The number of esters is 1. The van der Waals surface area contributed by atoms with Gasteiger partial charge in [0.15, 0.2) is 6.61 Å². The summed E-state index contributed by atoms with van der Waals surface area (Å²) in [5.74, 6) is -0.224. The highest BCUT2D eigenvalue weighted by atomic mass is 35.5. The van der Waals surface area contributed by atoms with Crippen molar-refractivity contribution in [3.63, 3.8) is 0 Å². The van der Waals surface area contributed by atoms with E-state index in [2.05, 4.69) is 5.32 Å². The summed E-state index contributed by atoms with van der Waals surface area (Å²) in [5.41, 5.74) is 0.776. The van der Waals surface area contributed by atoms with Gasteiger partial charge in [-0.3, -0.25) is 4.79 Å². The Morgan fingerprint density at radius 3 is 2.58 bits per heavy atom. The Kier molecular flexibility index (Phi) is 8.54. The molecule has 0 aliphatic carbocycles. The number of ether oxygens (including phenoxy) is 1. The Labute approximate surface area is 166 Å². The summed E-state index contributed by atoms with van der Waals surface area (Å²) in [6.45, 7) is 0.159. The molecule has 0 aliphatic heterocycles. The first-order chi connectivity index (χ1) is 12.5. The summed E-state index contributed by atoms with van der Waals surface area (Å²) in [4.78, 5) is 24.3. The Bertz CT molecular complexity index is 779. The van der Waals surface area contributed by atoms with Gasteiger partial charge in [-0.25, -0.2) is 4.79 Å². The van der Waals surface area contributed by atoms with Crippen molar-refractivity contribution in [3.05, 3.63) is 70.2 Å². The van der Waals surface area contributed by atoms with E-state index in [4.69, 9.17) is 27.9 Å². The predicted molar refractivity (Wildman–Crippen MR) is 107 cm³/mol. The number of thioether (sulfide) groups is 1. The zero-order valence-corrected chi connectivity index (χ0v) is 16.1. The van der Waals surface area contributed by atoms with E-state index in [9.17, 15) is 9.59 Å². The van der Waals surface area contributed by atoms with Gasteiger partial charge in [0, 0.05) is 33.3 Å². The normalized spacial score (nSPS) is 10.7. The van der Waals surface area contributed by atoms with Crippen molar-refractivity contribution in [1.29, 1.82) is 0 Å². The van der Waals surface area contributed by atoms with Gasteiger partial charge in [-0.1, -0.05) is 35.3 Å². The molecule has 0 radical (unpaired) electrons. The second-order valence-corrected chi connectivity index (χ2v) is 7.19. The van der Waals surface area contributed by atoms with E-state index in [1.165, 1.54) is 6.08 Å². The number of hydrogen-bond donors (Lipinski definition) is 1. The largest absolute Gasteiger partial charge is 0.452 e. The summed E-state index contributed by atoms with van der Waals surface area (Å²) < 4.78 is 4.89. The van der Waals surface area contributed by atoms with E-state index in [1.807, 2.05) is 24.3 Å². The average molecular weight is 410 g/mol. The van der Waals surface area contributed by atoms with Gasteiger partial charge in [0.05, 0.1) is 0 Å². The van der Waals surface area contributed by atoms with Crippen molar-refractivity contribution < 1.29 is 14.3 Å². The molecule has 2 aromatic carbocycles. The maximum Gasteiger partial charge on any atom is 0.331 e. The standard InChI is InChI=1S/C19H17Cl2NO3S/c20-15-5-7-17(8-6-15)26-11-10-22-18(23)13-25-19(24)9-4-14-2-1-3-16(21)12-14/h1-9,12H,10-11,13H2,(H,22,23)/b9-4+. The van der Waals surface area contributed by atoms with Gasteiger partial charge >= 0.3 is 5.97 Å². The number of hydrogen-bond acceptors (Lipinski definition) is 4. The zero-order valence-electron chi connectivity index (χ0n) is 13.8.